The topological polar surface area (TPSA) is 26.3 Å². The number of Topliss-reactive ketones (excluding diaryl/α,β-unsaturated/α-hetero) is 1. The van der Waals surface area contributed by atoms with E-state index in [0.29, 0.717) is 6.42 Å². The molecule has 3 rings (SSSR count). The summed E-state index contributed by atoms with van der Waals surface area (Å²) in [5.74, 6) is 0.213. The van der Waals surface area contributed by atoms with Gasteiger partial charge < -0.3 is 4.74 Å². The van der Waals surface area contributed by atoms with Crippen molar-refractivity contribution < 1.29 is 9.53 Å². The number of carbonyl (C=O) groups excluding carboxylic acids is 1. The van der Waals surface area contributed by atoms with Crippen molar-refractivity contribution in [2.45, 2.75) is 31.8 Å². The molecule has 1 saturated heterocycles. The Morgan fingerprint density at radius 3 is 2.38 bits per heavy atom. The van der Waals surface area contributed by atoms with Crippen LogP contribution in [0.3, 0.4) is 0 Å². The molecule has 0 bridgehead atoms. The fourth-order valence-corrected chi connectivity index (χ4v) is 2.79. The first kappa shape index (κ1) is 14.0. The van der Waals surface area contributed by atoms with Crippen molar-refractivity contribution in [3.63, 3.8) is 0 Å². The first-order chi connectivity index (χ1) is 10.3. The third kappa shape index (κ3) is 3.59. The maximum atomic E-state index is 12.2. The Labute approximate surface area is 125 Å². The van der Waals surface area contributed by atoms with E-state index in [9.17, 15) is 4.79 Å². The molecule has 2 heteroatoms. The molecule has 0 spiro atoms. The summed E-state index contributed by atoms with van der Waals surface area (Å²) in [4.78, 5) is 12.2. The highest BCUT2D eigenvalue weighted by molar-refractivity contribution is 5.96. The van der Waals surface area contributed by atoms with Gasteiger partial charge in [0, 0.05) is 18.6 Å². The zero-order valence-electron chi connectivity index (χ0n) is 12.1. The number of carbonyl (C=O) groups is 1. The molecule has 2 nitrogen and oxygen atoms in total. The number of benzene rings is 2. The number of hydrogen-bond donors (Lipinski definition) is 0. The number of hydrogen-bond acceptors (Lipinski definition) is 2. The largest absolute Gasteiger partial charge is 0.378 e. The van der Waals surface area contributed by atoms with Crippen LogP contribution in [0, 0.1) is 0 Å². The average Bonchev–Trinajstić information content (AvgIpc) is 3.07. The molecule has 1 fully saturated rings. The van der Waals surface area contributed by atoms with Crippen molar-refractivity contribution in [2.75, 3.05) is 6.61 Å². The minimum Gasteiger partial charge on any atom is -0.378 e. The molecule has 0 N–H and O–H groups in total. The van der Waals surface area contributed by atoms with Crippen LogP contribution >= 0.6 is 0 Å². The van der Waals surface area contributed by atoms with Crippen molar-refractivity contribution >= 4 is 5.78 Å². The molecule has 1 unspecified atom stereocenters. The van der Waals surface area contributed by atoms with E-state index in [2.05, 4.69) is 12.1 Å². The summed E-state index contributed by atoms with van der Waals surface area (Å²) < 4.78 is 5.56. The van der Waals surface area contributed by atoms with Gasteiger partial charge in [0.15, 0.2) is 5.78 Å². The summed E-state index contributed by atoms with van der Waals surface area (Å²) >= 11 is 0. The predicted octanol–water partition coefficient (Wildman–Crippen LogP) is 4.50. The summed E-state index contributed by atoms with van der Waals surface area (Å²) in [6.45, 7) is 0.852. The summed E-state index contributed by atoms with van der Waals surface area (Å²) in [5.41, 5.74) is 3.12. The maximum absolute atomic E-state index is 12.2. The van der Waals surface area contributed by atoms with Gasteiger partial charge >= 0.3 is 0 Å². The van der Waals surface area contributed by atoms with Crippen LogP contribution in [0.15, 0.2) is 54.6 Å². The van der Waals surface area contributed by atoms with E-state index in [1.54, 1.807) is 0 Å². The van der Waals surface area contributed by atoms with E-state index in [0.717, 1.165) is 37.0 Å². The van der Waals surface area contributed by atoms with Gasteiger partial charge in [0.2, 0.25) is 0 Å². The minimum atomic E-state index is 0.213. The molecular weight excluding hydrogens is 260 g/mol. The molecule has 0 radical (unpaired) electrons. The zero-order valence-corrected chi connectivity index (χ0v) is 12.1. The molecule has 0 saturated carbocycles. The summed E-state index contributed by atoms with van der Waals surface area (Å²) in [7, 11) is 0. The highest BCUT2D eigenvalue weighted by Gasteiger charge is 2.17. The molecule has 0 aromatic heterocycles. The average molecular weight is 280 g/mol. The normalized spacial score (nSPS) is 17.8. The van der Waals surface area contributed by atoms with Crippen LogP contribution in [0.1, 0.15) is 36.0 Å². The number of rotatable bonds is 5. The van der Waals surface area contributed by atoms with Gasteiger partial charge in [-0.05, 0) is 30.4 Å². The van der Waals surface area contributed by atoms with Gasteiger partial charge in [-0.3, -0.25) is 4.79 Å². The van der Waals surface area contributed by atoms with Crippen LogP contribution in [0.4, 0.5) is 0 Å². The molecule has 21 heavy (non-hydrogen) atoms. The van der Waals surface area contributed by atoms with Gasteiger partial charge in [0.05, 0.1) is 6.10 Å². The lowest BCUT2D eigenvalue weighted by Crippen LogP contribution is -2.08. The van der Waals surface area contributed by atoms with Crippen LogP contribution in [-0.4, -0.2) is 18.5 Å². The fraction of sp³-hybridized carbons (Fsp3) is 0.316. The Hall–Kier alpha value is -1.93. The van der Waals surface area contributed by atoms with E-state index in [-0.39, 0.29) is 11.9 Å². The first-order valence-corrected chi connectivity index (χ1v) is 7.63. The Kier molecular flexibility index (Phi) is 4.46. The van der Waals surface area contributed by atoms with Gasteiger partial charge in [-0.25, -0.2) is 0 Å². The quantitative estimate of drug-likeness (QED) is 0.754. The summed E-state index contributed by atoms with van der Waals surface area (Å²) in [5, 5.41) is 0. The van der Waals surface area contributed by atoms with Crippen molar-refractivity contribution in [1.29, 1.82) is 0 Å². The van der Waals surface area contributed by atoms with Gasteiger partial charge in [-0.2, -0.15) is 0 Å². The van der Waals surface area contributed by atoms with Gasteiger partial charge in [-0.15, -0.1) is 0 Å². The van der Waals surface area contributed by atoms with Crippen LogP contribution in [0.25, 0.3) is 11.1 Å². The van der Waals surface area contributed by atoms with Crippen molar-refractivity contribution in [3.05, 3.63) is 60.2 Å². The molecule has 0 amide bonds. The predicted molar refractivity (Wildman–Crippen MR) is 84.4 cm³/mol. The van der Waals surface area contributed by atoms with Gasteiger partial charge in [-0.1, -0.05) is 54.6 Å². The molecule has 2 aromatic rings. The standard InChI is InChI=1S/C19H20O2/c20-19(13-12-18-7-4-14-21-18)17-10-8-16(9-11-17)15-5-2-1-3-6-15/h1-3,5-6,8-11,18H,4,7,12-14H2. The molecule has 1 aliphatic rings. The first-order valence-electron chi connectivity index (χ1n) is 7.63. The Bertz CT molecular complexity index is 581. The third-order valence-corrected chi connectivity index (χ3v) is 4.03. The molecule has 1 aliphatic heterocycles. The second kappa shape index (κ2) is 6.68. The van der Waals surface area contributed by atoms with E-state index >= 15 is 0 Å². The highest BCUT2D eigenvalue weighted by Crippen LogP contribution is 2.21. The van der Waals surface area contributed by atoms with Crippen LogP contribution in [0.5, 0.6) is 0 Å². The van der Waals surface area contributed by atoms with E-state index in [1.807, 2.05) is 42.5 Å². The molecular formula is C19H20O2. The van der Waals surface area contributed by atoms with Crippen molar-refractivity contribution in [2.24, 2.45) is 0 Å². The monoisotopic (exact) mass is 280 g/mol. The minimum absolute atomic E-state index is 0.213. The number of ketones is 1. The van der Waals surface area contributed by atoms with Crippen LogP contribution < -0.4 is 0 Å². The second-order valence-electron chi connectivity index (χ2n) is 5.54. The maximum Gasteiger partial charge on any atom is 0.162 e. The van der Waals surface area contributed by atoms with Crippen molar-refractivity contribution in [1.82, 2.24) is 0 Å². The smallest absolute Gasteiger partial charge is 0.162 e. The van der Waals surface area contributed by atoms with E-state index < -0.39 is 0 Å². The Balaban J connectivity index is 1.62. The molecule has 1 heterocycles. The zero-order chi connectivity index (χ0) is 14.5. The summed E-state index contributed by atoms with van der Waals surface area (Å²) in [6, 6.07) is 18.1. The third-order valence-electron chi connectivity index (χ3n) is 4.03. The molecule has 0 aliphatic carbocycles. The Morgan fingerprint density at radius 1 is 1.00 bits per heavy atom. The van der Waals surface area contributed by atoms with Gasteiger partial charge in [0.1, 0.15) is 0 Å². The van der Waals surface area contributed by atoms with E-state index in [4.69, 9.17) is 4.74 Å². The van der Waals surface area contributed by atoms with Gasteiger partial charge in [0.25, 0.3) is 0 Å². The lowest BCUT2D eigenvalue weighted by atomic mass is 10.00. The SMILES string of the molecule is O=C(CCC1CCCO1)c1ccc(-c2ccccc2)cc1. The lowest BCUT2D eigenvalue weighted by molar-refractivity contribution is 0.0859. The Morgan fingerprint density at radius 2 is 1.71 bits per heavy atom. The van der Waals surface area contributed by atoms with E-state index in [1.165, 1.54) is 5.56 Å². The fourth-order valence-electron chi connectivity index (χ4n) is 2.79. The highest BCUT2D eigenvalue weighted by atomic mass is 16.5. The molecule has 2 aromatic carbocycles. The summed E-state index contributed by atoms with van der Waals surface area (Å²) in [6.07, 6.45) is 3.94. The van der Waals surface area contributed by atoms with Crippen LogP contribution in [-0.2, 0) is 4.74 Å². The van der Waals surface area contributed by atoms with Crippen molar-refractivity contribution in [3.8, 4) is 11.1 Å². The number of ether oxygens (including phenoxy) is 1. The molecule has 108 valence electrons. The molecule has 1 atom stereocenters. The lowest BCUT2D eigenvalue weighted by Gasteiger charge is -2.08. The second-order valence-corrected chi connectivity index (χ2v) is 5.54. The van der Waals surface area contributed by atoms with Crippen LogP contribution in [0.2, 0.25) is 0 Å².